The Morgan fingerprint density at radius 3 is 2.71 bits per heavy atom. The number of nitrogens with one attached hydrogen (secondary N) is 2. The SMILES string of the molecule is CCc1cc(C2NCCNC2C)ccc1OC. The highest BCUT2D eigenvalue weighted by Gasteiger charge is 2.22. The van der Waals surface area contributed by atoms with E-state index in [1.807, 2.05) is 0 Å². The van der Waals surface area contributed by atoms with Gasteiger partial charge in [0.1, 0.15) is 5.75 Å². The predicted molar refractivity (Wildman–Crippen MR) is 70.6 cm³/mol. The molecule has 0 saturated carbocycles. The first-order chi connectivity index (χ1) is 8.26. The molecule has 1 fully saturated rings. The number of hydrogen-bond acceptors (Lipinski definition) is 3. The van der Waals surface area contributed by atoms with Crippen molar-refractivity contribution in [1.82, 2.24) is 10.6 Å². The molecule has 94 valence electrons. The number of ether oxygens (including phenoxy) is 1. The highest BCUT2D eigenvalue weighted by molar-refractivity contribution is 5.39. The van der Waals surface area contributed by atoms with Crippen molar-refractivity contribution < 1.29 is 4.74 Å². The van der Waals surface area contributed by atoms with Gasteiger partial charge in [0, 0.05) is 25.2 Å². The van der Waals surface area contributed by atoms with Crippen LogP contribution in [0.4, 0.5) is 0 Å². The lowest BCUT2D eigenvalue weighted by molar-refractivity contribution is 0.345. The van der Waals surface area contributed by atoms with E-state index in [1.54, 1.807) is 7.11 Å². The number of piperazine rings is 1. The lowest BCUT2D eigenvalue weighted by Gasteiger charge is -2.32. The van der Waals surface area contributed by atoms with Crippen molar-refractivity contribution in [2.75, 3.05) is 20.2 Å². The summed E-state index contributed by atoms with van der Waals surface area (Å²) in [4.78, 5) is 0. The molecule has 0 aliphatic carbocycles. The molecule has 0 bridgehead atoms. The Labute approximate surface area is 104 Å². The molecule has 2 atom stereocenters. The van der Waals surface area contributed by atoms with Crippen molar-refractivity contribution in [3.05, 3.63) is 29.3 Å². The standard InChI is InChI=1S/C14H22N2O/c1-4-11-9-12(5-6-13(11)17-3)14-10(2)15-7-8-16-14/h5-6,9-10,14-16H,4,7-8H2,1-3H3. The first kappa shape index (κ1) is 12.4. The van der Waals surface area contributed by atoms with Crippen molar-refractivity contribution in [1.29, 1.82) is 0 Å². The van der Waals surface area contributed by atoms with Gasteiger partial charge in [-0.1, -0.05) is 19.1 Å². The summed E-state index contributed by atoms with van der Waals surface area (Å²) >= 11 is 0. The van der Waals surface area contributed by atoms with E-state index in [-0.39, 0.29) is 0 Å². The molecule has 3 nitrogen and oxygen atoms in total. The normalized spacial score (nSPS) is 24.6. The van der Waals surface area contributed by atoms with E-state index < -0.39 is 0 Å². The molecule has 1 heterocycles. The van der Waals surface area contributed by atoms with Gasteiger partial charge < -0.3 is 15.4 Å². The summed E-state index contributed by atoms with van der Waals surface area (Å²) in [6.45, 7) is 6.47. The predicted octanol–water partition coefficient (Wildman–Crippen LogP) is 1.88. The van der Waals surface area contributed by atoms with Crippen LogP contribution in [0.1, 0.15) is 31.0 Å². The van der Waals surface area contributed by atoms with E-state index >= 15 is 0 Å². The molecule has 0 spiro atoms. The summed E-state index contributed by atoms with van der Waals surface area (Å²) in [7, 11) is 1.73. The van der Waals surface area contributed by atoms with Crippen LogP contribution in [0.5, 0.6) is 5.75 Å². The zero-order chi connectivity index (χ0) is 12.3. The lowest BCUT2D eigenvalue weighted by atomic mass is 9.96. The molecule has 2 unspecified atom stereocenters. The van der Waals surface area contributed by atoms with Crippen molar-refractivity contribution in [3.63, 3.8) is 0 Å². The molecule has 0 amide bonds. The van der Waals surface area contributed by atoms with Crippen LogP contribution in [0.2, 0.25) is 0 Å². The summed E-state index contributed by atoms with van der Waals surface area (Å²) in [6.07, 6.45) is 1.01. The molecule has 17 heavy (non-hydrogen) atoms. The van der Waals surface area contributed by atoms with Gasteiger partial charge >= 0.3 is 0 Å². The van der Waals surface area contributed by atoms with E-state index in [9.17, 15) is 0 Å². The number of aryl methyl sites for hydroxylation is 1. The van der Waals surface area contributed by atoms with Crippen LogP contribution in [-0.4, -0.2) is 26.2 Å². The molecule has 1 aliphatic rings. The lowest BCUT2D eigenvalue weighted by Crippen LogP contribution is -2.49. The molecule has 2 N–H and O–H groups in total. The van der Waals surface area contributed by atoms with E-state index in [0.29, 0.717) is 12.1 Å². The number of rotatable bonds is 3. The fourth-order valence-corrected chi connectivity index (χ4v) is 2.50. The van der Waals surface area contributed by atoms with E-state index in [1.165, 1.54) is 11.1 Å². The highest BCUT2D eigenvalue weighted by Crippen LogP contribution is 2.26. The summed E-state index contributed by atoms with van der Waals surface area (Å²) in [6, 6.07) is 7.39. The summed E-state index contributed by atoms with van der Waals surface area (Å²) in [5, 5.41) is 7.07. The second kappa shape index (κ2) is 5.52. The topological polar surface area (TPSA) is 33.3 Å². The molecular formula is C14H22N2O. The Hall–Kier alpha value is -1.06. The first-order valence-electron chi connectivity index (χ1n) is 6.39. The van der Waals surface area contributed by atoms with Gasteiger partial charge in [-0.3, -0.25) is 0 Å². The third-order valence-corrected chi connectivity index (χ3v) is 3.50. The van der Waals surface area contributed by atoms with Gasteiger partial charge in [-0.15, -0.1) is 0 Å². The van der Waals surface area contributed by atoms with E-state index in [0.717, 1.165) is 25.3 Å². The highest BCUT2D eigenvalue weighted by atomic mass is 16.5. The number of methoxy groups -OCH3 is 1. The second-order valence-electron chi connectivity index (χ2n) is 4.60. The quantitative estimate of drug-likeness (QED) is 0.838. The zero-order valence-electron chi connectivity index (χ0n) is 10.9. The van der Waals surface area contributed by atoms with Crippen LogP contribution >= 0.6 is 0 Å². The minimum Gasteiger partial charge on any atom is -0.496 e. The molecule has 1 aliphatic heterocycles. The summed E-state index contributed by atoms with van der Waals surface area (Å²) in [5.74, 6) is 0.993. The molecular weight excluding hydrogens is 212 g/mol. The third kappa shape index (κ3) is 2.61. The zero-order valence-corrected chi connectivity index (χ0v) is 10.9. The minimum atomic E-state index is 0.403. The van der Waals surface area contributed by atoms with Gasteiger partial charge in [-0.05, 0) is 30.5 Å². The van der Waals surface area contributed by atoms with Gasteiger partial charge in [0.2, 0.25) is 0 Å². The Kier molecular flexibility index (Phi) is 4.02. The molecule has 3 heteroatoms. The van der Waals surface area contributed by atoms with Gasteiger partial charge in [0.15, 0.2) is 0 Å². The van der Waals surface area contributed by atoms with Gasteiger partial charge in [-0.2, -0.15) is 0 Å². The van der Waals surface area contributed by atoms with Crippen molar-refractivity contribution in [3.8, 4) is 5.75 Å². The maximum absolute atomic E-state index is 5.37. The van der Waals surface area contributed by atoms with Crippen molar-refractivity contribution in [2.24, 2.45) is 0 Å². The van der Waals surface area contributed by atoms with Gasteiger partial charge in [0.25, 0.3) is 0 Å². The molecule has 1 aromatic rings. The minimum absolute atomic E-state index is 0.403. The van der Waals surface area contributed by atoms with Crippen LogP contribution in [0.15, 0.2) is 18.2 Å². The fraction of sp³-hybridized carbons (Fsp3) is 0.571. The monoisotopic (exact) mass is 234 g/mol. The van der Waals surface area contributed by atoms with Crippen LogP contribution in [0, 0.1) is 0 Å². The number of benzene rings is 1. The average molecular weight is 234 g/mol. The molecule has 0 radical (unpaired) electrons. The summed E-state index contributed by atoms with van der Waals surface area (Å²) in [5.41, 5.74) is 2.63. The first-order valence-corrected chi connectivity index (χ1v) is 6.39. The van der Waals surface area contributed by atoms with E-state index in [2.05, 4.69) is 42.7 Å². The number of hydrogen-bond donors (Lipinski definition) is 2. The fourth-order valence-electron chi connectivity index (χ4n) is 2.50. The maximum atomic E-state index is 5.37. The average Bonchev–Trinajstić information content (AvgIpc) is 2.38. The van der Waals surface area contributed by atoms with Crippen LogP contribution in [0.3, 0.4) is 0 Å². The van der Waals surface area contributed by atoms with Crippen LogP contribution in [-0.2, 0) is 6.42 Å². The Balaban J connectivity index is 2.25. The van der Waals surface area contributed by atoms with Gasteiger partial charge in [-0.25, -0.2) is 0 Å². The van der Waals surface area contributed by atoms with Gasteiger partial charge in [0.05, 0.1) is 7.11 Å². The van der Waals surface area contributed by atoms with Crippen molar-refractivity contribution in [2.45, 2.75) is 32.4 Å². The third-order valence-electron chi connectivity index (χ3n) is 3.50. The molecule has 0 aromatic heterocycles. The summed E-state index contributed by atoms with van der Waals surface area (Å²) < 4.78 is 5.37. The van der Waals surface area contributed by atoms with E-state index in [4.69, 9.17) is 4.74 Å². The molecule has 1 aromatic carbocycles. The molecule has 2 rings (SSSR count). The largest absolute Gasteiger partial charge is 0.496 e. The van der Waals surface area contributed by atoms with Crippen molar-refractivity contribution >= 4 is 0 Å². The Bertz CT molecular complexity index is 378. The molecule has 1 saturated heterocycles. The van der Waals surface area contributed by atoms with Crippen LogP contribution in [0.25, 0.3) is 0 Å². The second-order valence-corrected chi connectivity index (χ2v) is 4.60. The maximum Gasteiger partial charge on any atom is 0.122 e. The Morgan fingerprint density at radius 2 is 2.06 bits per heavy atom. The van der Waals surface area contributed by atoms with Crippen LogP contribution < -0.4 is 15.4 Å². The smallest absolute Gasteiger partial charge is 0.122 e. The Morgan fingerprint density at radius 1 is 1.29 bits per heavy atom.